The molecule has 7 nitrogen and oxygen atoms in total. The number of benzene rings is 1. The molecule has 152 valence electrons. The number of hydrogen-bond donors (Lipinski definition) is 1. The monoisotopic (exact) mass is 397 g/mol. The van der Waals surface area contributed by atoms with Crippen LogP contribution in [0.25, 0.3) is 5.65 Å². The zero-order chi connectivity index (χ0) is 20.2. The molecule has 2 atom stereocenters. The summed E-state index contributed by atoms with van der Waals surface area (Å²) in [6, 6.07) is 13.4. The predicted molar refractivity (Wildman–Crippen MR) is 107 cm³/mol. The van der Waals surface area contributed by atoms with E-state index in [0.717, 1.165) is 22.6 Å². The molecule has 29 heavy (non-hydrogen) atoms. The Morgan fingerprint density at radius 2 is 2.10 bits per heavy atom. The Morgan fingerprint density at radius 1 is 1.28 bits per heavy atom. The van der Waals surface area contributed by atoms with Gasteiger partial charge in [0.2, 0.25) is 0 Å². The van der Waals surface area contributed by atoms with Crippen molar-refractivity contribution in [1.29, 1.82) is 0 Å². The molecule has 0 unspecified atom stereocenters. The minimum atomic E-state index is -1.11. The third-order valence-corrected chi connectivity index (χ3v) is 5.30. The molecule has 1 aliphatic heterocycles. The minimum absolute atomic E-state index is 0.0515. The van der Waals surface area contributed by atoms with E-state index in [1.165, 1.54) is 4.90 Å². The number of nitrogens with zero attached hydrogens (tertiary/aromatic N) is 4. The maximum absolute atomic E-state index is 14.7. The van der Waals surface area contributed by atoms with Crippen LogP contribution in [0.4, 0.5) is 15.0 Å². The molecule has 0 bridgehead atoms. The van der Waals surface area contributed by atoms with Crippen molar-refractivity contribution in [1.82, 2.24) is 19.5 Å². The molecule has 4 rings (SSSR count). The second-order valence-electron chi connectivity index (χ2n) is 7.40. The van der Waals surface area contributed by atoms with Gasteiger partial charge < -0.3 is 15.0 Å². The van der Waals surface area contributed by atoms with Crippen LogP contribution < -0.4 is 5.32 Å². The van der Waals surface area contributed by atoms with E-state index in [4.69, 9.17) is 4.74 Å². The number of carbonyl (C=O) groups is 1. The number of aromatic nitrogens is 3. The van der Waals surface area contributed by atoms with Crippen LogP contribution in [-0.2, 0) is 11.3 Å². The van der Waals surface area contributed by atoms with Crippen LogP contribution in [0.15, 0.2) is 48.8 Å². The van der Waals surface area contributed by atoms with Gasteiger partial charge in [0.05, 0.1) is 6.54 Å². The quantitative estimate of drug-likeness (QED) is 0.714. The van der Waals surface area contributed by atoms with Crippen LogP contribution in [0.1, 0.15) is 17.5 Å². The number of likely N-dealkylation sites (tertiary alicyclic amines) is 1. The topological polar surface area (TPSA) is 71.8 Å². The first-order valence-corrected chi connectivity index (χ1v) is 9.74. The van der Waals surface area contributed by atoms with Gasteiger partial charge in [-0.2, -0.15) is 0 Å². The molecule has 2 aromatic heterocycles. The number of carbonyl (C=O) groups excluding carboxylic acids is 1. The minimum Gasteiger partial charge on any atom is -0.445 e. The van der Waals surface area contributed by atoms with Crippen LogP contribution in [0.2, 0.25) is 0 Å². The number of rotatable bonds is 5. The fourth-order valence-corrected chi connectivity index (χ4v) is 3.50. The van der Waals surface area contributed by atoms with E-state index in [-0.39, 0.29) is 19.1 Å². The number of amides is 1. The van der Waals surface area contributed by atoms with Crippen LogP contribution >= 0.6 is 0 Å². The third-order valence-electron chi connectivity index (χ3n) is 5.30. The van der Waals surface area contributed by atoms with Gasteiger partial charge >= 0.3 is 6.09 Å². The van der Waals surface area contributed by atoms with Crippen molar-refractivity contribution in [2.75, 3.05) is 25.0 Å². The molecule has 3 aromatic rings. The number of hydrogen-bond acceptors (Lipinski definition) is 5. The lowest BCUT2D eigenvalue weighted by atomic mass is 9.95. The lowest BCUT2D eigenvalue weighted by Crippen LogP contribution is -2.46. The van der Waals surface area contributed by atoms with E-state index in [1.54, 1.807) is 6.33 Å². The number of anilines is 1. The number of ether oxygens (including phenoxy) is 1. The van der Waals surface area contributed by atoms with Gasteiger partial charge in [-0.3, -0.25) is 4.40 Å². The molecule has 0 radical (unpaired) electrons. The Balaban J connectivity index is 1.27. The Kier molecular flexibility index (Phi) is 5.59. The van der Waals surface area contributed by atoms with E-state index in [9.17, 15) is 9.18 Å². The van der Waals surface area contributed by atoms with Crippen LogP contribution in [-0.4, -0.2) is 51.4 Å². The smallest absolute Gasteiger partial charge is 0.410 e. The first-order valence-electron chi connectivity index (χ1n) is 9.74. The summed E-state index contributed by atoms with van der Waals surface area (Å²) < 4.78 is 21.9. The van der Waals surface area contributed by atoms with Crippen molar-refractivity contribution < 1.29 is 13.9 Å². The van der Waals surface area contributed by atoms with Crippen LogP contribution in [0, 0.1) is 12.8 Å². The van der Waals surface area contributed by atoms with Crippen molar-refractivity contribution in [2.45, 2.75) is 26.1 Å². The van der Waals surface area contributed by atoms with Gasteiger partial charge in [-0.05, 0) is 31.0 Å². The van der Waals surface area contributed by atoms with Crippen molar-refractivity contribution in [2.24, 2.45) is 5.92 Å². The highest BCUT2D eigenvalue weighted by Crippen LogP contribution is 2.22. The summed E-state index contributed by atoms with van der Waals surface area (Å²) in [5.41, 5.74) is 2.80. The Bertz CT molecular complexity index is 975. The summed E-state index contributed by atoms with van der Waals surface area (Å²) in [6.45, 7) is 3.21. The van der Waals surface area contributed by atoms with Gasteiger partial charge in [-0.15, -0.1) is 10.2 Å². The number of piperidine rings is 1. The first kappa shape index (κ1) is 19.2. The SMILES string of the molecule is Cc1ccc(COC(=O)N2CC[C@H](CNc3cccc4nncn34)[C@H](F)C2)cc1. The molecule has 1 saturated heterocycles. The normalized spacial score (nSPS) is 19.3. The van der Waals surface area contributed by atoms with E-state index >= 15 is 0 Å². The second-order valence-corrected chi connectivity index (χ2v) is 7.40. The Labute approximate surface area is 168 Å². The maximum atomic E-state index is 14.7. The molecular formula is C21H24FN5O2. The van der Waals surface area contributed by atoms with Gasteiger partial charge in [-0.1, -0.05) is 35.9 Å². The zero-order valence-corrected chi connectivity index (χ0v) is 16.3. The fourth-order valence-electron chi connectivity index (χ4n) is 3.50. The fraction of sp³-hybridized carbons (Fsp3) is 0.381. The summed E-state index contributed by atoms with van der Waals surface area (Å²) in [6.07, 6.45) is 0.626. The summed E-state index contributed by atoms with van der Waals surface area (Å²) >= 11 is 0. The molecule has 8 heteroatoms. The summed E-state index contributed by atoms with van der Waals surface area (Å²) in [4.78, 5) is 13.7. The van der Waals surface area contributed by atoms with Crippen LogP contribution in [0.3, 0.4) is 0 Å². The van der Waals surface area contributed by atoms with Crippen molar-refractivity contribution in [3.8, 4) is 0 Å². The van der Waals surface area contributed by atoms with Gasteiger partial charge in [0.25, 0.3) is 0 Å². The molecule has 1 fully saturated rings. The molecule has 1 N–H and O–H groups in total. The van der Waals surface area contributed by atoms with Gasteiger partial charge in [0.1, 0.15) is 24.9 Å². The highest BCUT2D eigenvalue weighted by atomic mass is 19.1. The largest absolute Gasteiger partial charge is 0.445 e. The number of halogens is 1. The maximum Gasteiger partial charge on any atom is 0.410 e. The summed E-state index contributed by atoms with van der Waals surface area (Å²) in [7, 11) is 0. The molecule has 3 heterocycles. The molecule has 1 amide bonds. The number of alkyl halides is 1. The van der Waals surface area contributed by atoms with Gasteiger partial charge in [-0.25, -0.2) is 9.18 Å². The average molecular weight is 397 g/mol. The number of aryl methyl sites for hydroxylation is 1. The predicted octanol–water partition coefficient (Wildman–Crippen LogP) is 3.45. The number of fused-ring (bicyclic) bond motifs is 1. The Morgan fingerprint density at radius 3 is 2.90 bits per heavy atom. The van der Waals surface area contributed by atoms with E-state index in [0.29, 0.717) is 19.5 Å². The van der Waals surface area contributed by atoms with Gasteiger partial charge in [0, 0.05) is 19.0 Å². The number of nitrogens with one attached hydrogen (secondary N) is 1. The summed E-state index contributed by atoms with van der Waals surface area (Å²) in [5.74, 6) is 0.641. The first-order chi connectivity index (χ1) is 14.1. The Hall–Kier alpha value is -3.16. The highest BCUT2D eigenvalue weighted by Gasteiger charge is 2.32. The molecular weight excluding hydrogens is 373 g/mol. The molecule has 1 aliphatic rings. The van der Waals surface area contributed by atoms with Crippen molar-refractivity contribution in [3.63, 3.8) is 0 Å². The number of pyridine rings is 1. The third kappa shape index (κ3) is 4.47. The van der Waals surface area contributed by atoms with Crippen LogP contribution in [0.5, 0.6) is 0 Å². The van der Waals surface area contributed by atoms with E-state index in [1.807, 2.05) is 53.8 Å². The lowest BCUT2D eigenvalue weighted by molar-refractivity contribution is 0.0544. The zero-order valence-electron chi connectivity index (χ0n) is 16.3. The summed E-state index contributed by atoms with van der Waals surface area (Å²) in [5, 5.41) is 11.2. The molecule has 0 aliphatic carbocycles. The van der Waals surface area contributed by atoms with E-state index in [2.05, 4.69) is 15.5 Å². The standard InChI is InChI=1S/C21H24FN5O2/c1-15-5-7-16(8-6-15)13-29-21(28)26-10-9-17(18(22)12-26)11-23-19-3-2-4-20-25-24-14-27(19)20/h2-8,14,17-18,23H,9-13H2,1H3/t17-,18-/m1/s1. The highest BCUT2D eigenvalue weighted by molar-refractivity contribution is 5.67. The molecule has 0 spiro atoms. The van der Waals surface area contributed by atoms with Crippen molar-refractivity contribution in [3.05, 3.63) is 59.9 Å². The average Bonchev–Trinajstić information content (AvgIpc) is 3.22. The van der Waals surface area contributed by atoms with Gasteiger partial charge in [0.15, 0.2) is 5.65 Å². The molecule has 1 aromatic carbocycles. The second kappa shape index (κ2) is 8.46. The lowest BCUT2D eigenvalue weighted by Gasteiger charge is -2.34. The van der Waals surface area contributed by atoms with E-state index < -0.39 is 12.3 Å². The van der Waals surface area contributed by atoms with Crippen molar-refractivity contribution >= 4 is 17.6 Å². The molecule has 0 saturated carbocycles.